The van der Waals surface area contributed by atoms with Crippen molar-refractivity contribution in [1.29, 1.82) is 0 Å². The number of nitrogens with one attached hydrogen (secondary N) is 1. The number of hydrogen-bond acceptors (Lipinski definition) is 5. The van der Waals surface area contributed by atoms with Crippen LogP contribution in [0.2, 0.25) is 0 Å². The third kappa shape index (κ3) is 3.78. The molecule has 0 saturated carbocycles. The van der Waals surface area contributed by atoms with Gasteiger partial charge in [0.05, 0.1) is 11.6 Å². The molecule has 1 N–H and O–H groups in total. The predicted molar refractivity (Wildman–Crippen MR) is 107 cm³/mol. The molecule has 5 nitrogen and oxygen atoms in total. The van der Waals surface area contributed by atoms with Gasteiger partial charge < -0.3 is 10.1 Å². The fraction of sp³-hybridized carbons (Fsp3) is 0.136. The third-order valence-corrected chi connectivity index (χ3v) is 4.45. The van der Waals surface area contributed by atoms with Gasteiger partial charge in [0.1, 0.15) is 5.82 Å². The van der Waals surface area contributed by atoms with E-state index in [0.29, 0.717) is 12.4 Å². The van der Waals surface area contributed by atoms with Crippen molar-refractivity contribution in [3.8, 4) is 11.4 Å². The highest BCUT2D eigenvalue weighted by Gasteiger charge is 2.13. The van der Waals surface area contributed by atoms with Gasteiger partial charge in [-0.15, -0.1) is 0 Å². The van der Waals surface area contributed by atoms with Crippen molar-refractivity contribution in [1.82, 2.24) is 15.0 Å². The number of anilines is 1. The van der Waals surface area contributed by atoms with E-state index >= 15 is 0 Å². The number of fused-ring (bicyclic) bond motifs is 1. The zero-order chi connectivity index (χ0) is 18.5. The highest BCUT2D eigenvalue weighted by molar-refractivity contribution is 5.90. The largest absolute Gasteiger partial charge is 0.375 e. The standard InChI is InChI=1S/C22H20N4O/c1-27-20(16-7-3-2-4-8-16)15-24-22-18-9-5-6-10-19(18)25-21(26-22)17-11-13-23-14-12-17/h2-14,20H,15H2,1H3,(H,24,25,26)/t20-/m0/s1. The summed E-state index contributed by atoms with van der Waals surface area (Å²) >= 11 is 0. The first kappa shape index (κ1) is 17.1. The number of para-hydroxylation sites is 1. The van der Waals surface area contributed by atoms with Crippen LogP contribution in [-0.4, -0.2) is 28.6 Å². The molecule has 0 aliphatic rings. The maximum absolute atomic E-state index is 5.67. The lowest BCUT2D eigenvalue weighted by molar-refractivity contribution is 0.114. The lowest BCUT2D eigenvalue weighted by Gasteiger charge is -2.18. The molecule has 0 aliphatic carbocycles. The van der Waals surface area contributed by atoms with E-state index in [1.54, 1.807) is 19.5 Å². The molecule has 0 bridgehead atoms. The maximum atomic E-state index is 5.67. The quantitative estimate of drug-likeness (QED) is 0.551. The summed E-state index contributed by atoms with van der Waals surface area (Å²) in [5.74, 6) is 1.47. The van der Waals surface area contributed by atoms with E-state index in [4.69, 9.17) is 14.7 Å². The zero-order valence-corrected chi connectivity index (χ0v) is 15.0. The minimum atomic E-state index is -0.0655. The molecule has 2 aromatic carbocycles. The second-order valence-electron chi connectivity index (χ2n) is 6.16. The van der Waals surface area contributed by atoms with Crippen molar-refractivity contribution in [3.05, 3.63) is 84.7 Å². The van der Waals surface area contributed by atoms with Crippen LogP contribution < -0.4 is 5.32 Å². The summed E-state index contributed by atoms with van der Waals surface area (Å²) in [6.45, 7) is 0.608. The van der Waals surface area contributed by atoms with Gasteiger partial charge in [-0.3, -0.25) is 4.98 Å². The molecule has 0 radical (unpaired) electrons. The fourth-order valence-electron chi connectivity index (χ4n) is 3.04. The molecule has 5 heteroatoms. The fourth-order valence-corrected chi connectivity index (χ4v) is 3.04. The molecule has 27 heavy (non-hydrogen) atoms. The van der Waals surface area contributed by atoms with E-state index in [1.807, 2.05) is 54.6 Å². The lowest BCUT2D eigenvalue weighted by Crippen LogP contribution is -2.15. The van der Waals surface area contributed by atoms with Gasteiger partial charge in [-0.05, 0) is 29.8 Å². The number of methoxy groups -OCH3 is 1. The number of nitrogens with zero attached hydrogens (tertiary/aromatic N) is 3. The van der Waals surface area contributed by atoms with Gasteiger partial charge in [0.25, 0.3) is 0 Å². The van der Waals surface area contributed by atoms with Crippen molar-refractivity contribution < 1.29 is 4.74 Å². The van der Waals surface area contributed by atoms with Crippen LogP contribution in [0.25, 0.3) is 22.3 Å². The molecular formula is C22H20N4O. The summed E-state index contributed by atoms with van der Waals surface area (Å²) in [4.78, 5) is 13.5. The van der Waals surface area contributed by atoms with E-state index < -0.39 is 0 Å². The summed E-state index contributed by atoms with van der Waals surface area (Å²) in [6.07, 6.45) is 3.43. The topological polar surface area (TPSA) is 59.9 Å². The van der Waals surface area contributed by atoms with Crippen LogP contribution in [0, 0.1) is 0 Å². The zero-order valence-electron chi connectivity index (χ0n) is 15.0. The Morgan fingerprint density at radius 1 is 0.889 bits per heavy atom. The van der Waals surface area contributed by atoms with Gasteiger partial charge in [-0.1, -0.05) is 42.5 Å². The van der Waals surface area contributed by atoms with Gasteiger partial charge in [0, 0.05) is 37.0 Å². The van der Waals surface area contributed by atoms with Crippen LogP contribution in [0.5, 0.6) is 0 Å². The Bertz CT molecular complexity index is 1020. The molecule has 4 aromatic rings. The number of pyridine rings is 1. The van der Waals surface area contributed by atoms with Crippen molar-refractivity contribution in [3.63, 3.8) is 0 Å². The SMILES string of the molecule is CO[C@@H](CNc1nc(-c2ccncc2)nc2ccccc12)c1ccccc1. The minimum Gasteiger partial charge on any atom is -0.375 e. The van der Waals surface area contributed by atoms with Crippen LogP contribution in [0.15, 0.2) is 79.1 Å². The average Bonchev–Trinajstić information content (AvgIpc) is 2.75. The Kier molecular flexibility index (Phi) is 5.03. The van der Waals surface area contributed by atoms with E-state index in [2.05, 4.69) is 22.4 Å². The molecule has 0 fully saturated rings. The minimum absolute atomic E-state index is 0.0655. The molecule has 0 aliphatic heterocycles. The molecule has 2 aromatic heterocycles. The van der Waals surface area contributed by atoms with Crippen molar-refractivity contribution in [2.45, 2.75) is 6.10 Å². The maximum Gasteiger partial charge on any atom is 0.162 e. The molecule has 1 atom stereocenters. The number of aromatic nitrogens is 3. The van der Waals surface area contributed by atoms with Crippen LogP contribution in [-0.2, 0) is 4.74 Å². The van der Waals surface area contributed by atoms with Crippen molar-refractivity contribution in [2.24, 2.45) is 0 Å². The van der Waals surface area contributed by atoms with Crippen molar-refractivity contribution >= 4 is 16.7 Å². The van der Waals surface area contributed by atoms with Crippen LogP contribution >= 0.6 is 0 Å². The van der Waals surface area contributed by atoms with Crippen molar-refractivity contribution in [2.75, 3.05) is 19.0 Å². The first-order valence-corrected chi connectivity index (χ1v) is 8.84. The van der Waals surface area contributed by atoms with Gasteiger partial charge in [0.15, 0.2) is 5.82 Å². The Balaban J connectivity index is 1.68. The molecule has 0 unspecified atom stereocenters. The molecule has 0 amide bonds. The highest BCUT2D eigenvalue weighted by atomic mass is 16.5. The van der Waals surface area contributed by atoms with Crippen LogP contribution in [0.4, 0.5) is 5.82 Å². The summed E-state index contributed by atoms with van der Waals surface area (Å²) < 4.78 is 5.67. The monoisotopic (exact) mass is 356 g/mol. The summed E-state index contributed by atoms with van der Waals surface area (Å²) in [5.41, 5.74) is 2.96. The number of rotatable bonds is 6. The summed E-state index contributed by atoms with van der Waals surface area (Å²) in [6, 6.07) is 22.0. The van der Waals surface area contributed by atoms with Crippen LogP contribution in [0.1, 0.15) is 11.7 Å². The van der Waals surface area contributed by atoms with Gasteiger partial charge in [0.2, 0.25) is 0 Å². The van der Waals surface area contributed by atoms with Crippen LogP contribution in [0.3, 0.4) is 0 Å². The molecule has 4 rings (SSSR count). The predicted octanol–water partition coefficient (Wildman–Crippen LogP) is 4.49. The summed E-state index contributed by atoms with van der Waals surface area (Å²) in [7, 11) is 1.72. The van der Waals surface area contributed by atoms with E-state index in [9.17, 15) is 0 Å². The number of ether oxygens (including phenoxy) is 1. The second-order valence-corrected chi connectivity index (χ2v) is 6.16. The summed E-state index contributed by atoms with van der Waals surface area (Å²) in [5, 5.41) is 4.44. The second kappa shape index (κ2) is 7.93. The smallest absolute Gasteiger partial charge is 0.162 e. The van der Waals surface area contributed by atoms with Gasteiger partial charge in [-0.25, -0.2) is 9.97 Å². The Hall–Kier alpha value is -3.31. The average molecular weight is 356 g/mol. The first-order valence-electron chi connectivity index (χ1n) is 8.84. The van der Waals surface area contributed by atoms with Gasteiger partial charge in [-0.2, -0.15) is 0 Å². The Labute approximate surface area is 158 Å². The Morgan fingerprint density at radius 2 is 1.63 bits per heavy atom. The molecule has 0 saturated heterocycles. The normalized spacial score (nSPS) is 12.0. The molecule has 0 spiro atoms. The highest BCUT2D eigenvalue weighted by Crippen LogP contribution is 2.25. The molecule has 134 valence electrons. The molecule has 2 heterocycles. The number of benzene rings is 2. The van der Waals surface area contributed by atoms with Gasteiger partial charge >= 0.3 is 0 Å². The van der Waals surface area contributed by atoms with E-state index in [0.717, 1.165) is 27.8 Å². The Morgan fingerprint density at radius 3 is 2.41 bits per heavy atom. The van der Waals surface area contributed by atoms with E-state index in [1.165, 1.54) is 0 Å². The molecular weight excluding hydrogens is 336 g/mol. The first-order chi connectivity index (χ1) is 13.3. The number of hydrogen-bond donors (Lipinski definition) is 1. The third-order valence-electron chi connectivity index (χ3n) is 4.45. The lowest BCUT2D eigenvalue weighted by atomic mass is 10.1. The van der Waals surface area contributed by atoms with E-state index in [-0.39, 0.29) is 6.10 Å².